The van der Waals surface area contributed by atoms with Crippen molar-refractivity contribution >= 4 is 17.4 Å². The molecule has 3 nitrogen and oxygen atoms in total. The Morgan fingerprint density at radius 2 is 2.11 bits per heavy atom. The van der Waals surface area contributed by atoms with Gasteiger partial charge in [-0.2, -0.15) is 0 Å². The van der Waals surface area contributed by atoms with Gasteiger partial charge in [-0.15, -0.1) is 11.8 Å². The van der Waals surface area contributed by atoms with Crippen LogP contribution in [0.4, 0.5) is 0 Å². The molecule has 18 heavy (non-hydrogen) atoms. The van der Waals surface area contributed by atoms with Crippen LogP contribution >= 0.6 is 11.8 Å². The van der Waals surface area contributed by atoms with Gasteiger partial charge in [-0.3, -0.25) is 0 Å². The van der Waals surface area contributed by atoms with Crippen LogP contribution in [0.3, 0.4) is 0 Å². The van der Waals surface area contributed by atoms with E-state index in [2.05, 4.69) is 60.7 Å². The number of aromatic nitrogens is 2. The molecule has 0 spiro atoms. The van der Waals surface area contributed by atoms with Crippen molar-refractivity contribution in [2.45, 2.75) is 44.8 Å². The zero-order valence-corrected chi connectivity index (χ0v) is 12.3. The minimum atomic E-state index is 0.118. The van der Waals surface area contributed by atoms with Crippen molar-refractivity contribution in [2.75, 3.05) is 5.75 Å². The van der Waals surface area contributed by atoms with E-state index in [0.717, 1.165) is 23.0 Å². The molecule has 0 aromatic carbocycles. The van der Waals surface area contributed by atoms with Crippen LogP contribution in [-0.2, 0) is 6.54 Å². The van der Waals surface area contributed by atoms with E-state index in [0.29, 0.717) is 0 Å². The van der Waals surface area contributed by atoms with E-state index >= 15 is 0 Å². The number of hydrogen-bond acceptors (Lipinski definition) is 3. The first kappa shape index (κ1) is 13.4. The fraction of sp³-hybridized carbons (Fsp3) is 0.500. The third-order valence-electron chi connectivity index (χ3n) is 2.66. The summed E-state index contributed by atoms with van der Waals surface area (Å²) in [6.45, 7) is 9.56. The summed E-state index contributed by atoms with van der Waals surface area (Å²) in [5.74, 6) is 1.05. The molecule has 0 bridgehead atoms. The quantitative estimate of drug-likeness (QED) is 0.858. The average molecular weight is 263 g/mol. The smallest absolute Gasteiger partial charge is 0.138 e. The molecule has 2 aromatic rings. The SMILES string of the molecule is CCSc1nc2ccccn2c1CNC(C)(C)C. The van der Waals surface area contributed by atoms with Crippen LogP contribution in [0.2, 0.25) is 0 Å². The highest BCUT2D eigenvalue weighted by Crippen LogP contribution is 2.23. The fourth-order valence-corrected chi connectivity index (χ4v) is 2.56. The molecule has 0 aliphatic heterocycles. The number of imidazole rings is 1. The van der Waals surface area contributed by atoms with Gasteiger partial charge in [0.15, 0.2) is 0 Å². The normalized spacial score (nSPS) is 12.2. The van der Waals surface area contributed by atoms with Crippen molar-refractivity contribution in [1.82, 2.24) is 14.7 Å². The molecule has 4 heteroatoms. The summed E-state index contributed by atoms with van der Waals surface area (Å²) < 4.78 is 2.18. The van der Waals surface area contributed by atoms with Gasteiger partial charge < -0.3 is 9.72 Å². The predicted octanol–water partition coefficient (Wildman–Crippen LogP) is 3.33. The average Bonchev–Trinajstić information content (AvgIpc) is 2.63. The Balaban J connectivity index is 2.35. The van der Waals surface area contributed by atoms with Crippen molar-refractivity contribution < 1.29 is 0 Å². The Labute approximate surface area is 113 Å². The minimum Gasteiger partial charge on any atom is -0.306 e. The standard InChI is InChI=1S/C14H21N3S/c1-5-18-13-11(10-15-14(2,3)4)17-9-7-6-8-12(17)16-13/h6-9,15H,5,10H2,1-4H3. The molecule has 2 aromatic heterocycles. The maximum atomic E-state index is 4.69. The first-order chi connectivity index (χ1) is 8.51. The summed E-state index contributed by atoms with van der Waals surface area (Å²) in [5.41, 5.74) is 2.40. The molecular formula is C14H21N3S. The van der Waals surface area contributed by atoms with Gasteiger partial charge in [0.1, 0.15) is 10.7 Å². The predicted molar refractivity (Wildman–Crippen MR) is 78.2 cm³/mol. The highest BCUT2D eigenvalue weighted by Gasteiger charge is 2.15. The van der Waals surface area contributed by atoms with Gasteiger partial charge in [0.05, 0.1) is 5.69 Å². The van der Waals surface area contributed by atoms with Gasteiger partial charge in [0.25, 0.3) is 0 Å². The van der Waals surface area contributed by atoms with Gasteiger partial charge in [0.2, 0.25) is 0 Å². The van der Waals surface area contributed by atoms with Crippen LogP contribution in [0.5, 0.6) is 0 Å². The van der Waals surface area contributed by atoms with Gasteiger partial charge >= 0.3 is 0 Å². The molecule has 0 saturated carbocycles. The topological polar surface area (TPSA) is 29.3 Å². The molecule has 0 aliphatic rings. The van der Waals surface area contributed by atoms with Crippen molar-refractivity contribution in [3.8, 4) is 0 Å². The van der Waals surface area contributed by atoms with E-state index in [9.17, 15) is 0 Å². The van der Waals surface area contributed by atoms with Crippen molar-refractivity contribution in [3.05, 3.63) is 30.1 Å². The van der Waals surface area contributed by atoms with Crippen LogP contribution < -0.4 is 5.32 Å². The van der Waals surface area contributed by atoms with Crippen LogP contribution in [0.15, 0.2) is 29.4 Å². The zero-order valence-electron chi connectivity index (χ0n) is 11.5. The summed E-state index contributed by atoms with van der Waals surface area (Å²) >= 11 is 1.81. The van der Waals surface area contributed by atoms with Crippen molar-refractivity contribution in [2.24, 2.45) is 0 Å². The molecule has 0 fully saturated rings. The zero-order chi connectivity index (χ0) is 13.2. The summed E-state index contributed by atoms with van der Waals surface area (Å²) in [6.07, 6.45) is 2.09. The van der Waals surface area contributed by atoms with E-state index in [1.165, 1.54) is 5.69 Å². The first-order valence-electron chi connectivity index (χ1n) is 6.35. The summed E-state index contributed by atoms with van der Waals surface area (Å²) in [7, 11) is 0. The Morgan fingerprint density at radius 1 is 1.33 bits per heavy atom. The Hall–Kier alpha value is -1.00. The molecule has 2 heterocycles. The fourth-order valence-electron chi connectivity index (χ4n) is 1.79. The van der Waals surface area contributed by atoms with Crippen LogP contribution in [0.1, 0.15) is 33.4 Å². The number of nitrogens with one attached hydrogen (secondary N) is 1. The largest absolute Gasteiger partial charge is 0.306 e. The molecule has 0 amide bonds. The number of pyridine rings is 1. The Morgan fingerprint density at radius 3 is 2.78 bits per heavy atom. The number of rotatable bonds is 4. The second kappa shape index (κ2) is 5.33. The second-order valence-electron chi connectivity index (χ2n) is 5.33. The van der Waals surface area contributed by atoms with E-state index in [4.69, 9.17) is 0 Å². The molecule has 0 aliphatic carbocycles. The van der Waals surface area contributed by atoms with Gasteiger partial charge in [-0.1, -0.05) is 13.0 Å². The lowest BCUT2D eigenvalue weighted by Crippen LogP contribution is -2.35. The van der Waals surface area contributed by atoms with Gasteiger partial charge in [-0.25, -0.2) is 4.98 Å². The molecule has 2 rings (SSSR count). The maximum absolute atomic E-state index is 4.69. The minimum absolute atomic E-state index is 0.118. The summed E-state index contributed by atoms with van der Waals surface area (Å²) in [6, 6.07) is 6.14. The van der Waals surface area contributed by atoms with Crippen molar-refractivity contribution in [1.29, 1.82) is 0 Å². The highest BCUT2D eigenvalue weighted by molar-refractivity contribution is 7.99. The Bertz CT molecular complexity index is 525. The van der Waals surface area contributed by atoms with Crippen LogP contribution in [0, 0.1) is 0 Å². The third-order valence-corrected chi connectivity index (χ3v) is 3.55. The monoisotopic (exact) mass is 263 g/mol. The second-order valence-corrected chi connectivity index (χ2v) is 6.58. The summed E-state index contributed by atoms with van der Waals surface area (Å²) in [4.78, 5) is 4.69. The van der Waals surface area contributed by atoms with Crippen LogP contribution in [-0.4, -0.2) is 20.7 Å². The number of nitrogens with zero attached hydrogens (tertiary/aromatic N) is 2. The van der Waals surface area contributed by atoms with E-state index in [-0.39, 0.29) is 5.54 Å². The van der Waals surface area contributed by atoms with Gasteiger partial charge in [-0.05, 0) is 38.7 Å². The maximum Gasteiger partial charge on any atom is 0.138 e. The lowest BCUT2D eigenvalue weighted by molar-refractivity contribution is 0.418. The molecule has 0 atom stereocenters. The third kappa shape index (κ3) is 3.06. The number of hydrogen-bond donors (Lipinski definition) is 1. The Kier molecular flexibility index (Phi) is 3.97. The number of fused-ring (bicyclic) bond motifs is 1. The van der Waals surface area contributed by atoms with E-state index in [1.54, 1.807) is 11.8 Å². The first-order valence-corrected chi connectivity index (χ1v) is 7.33. The van der Waals surface area contributed by atoms with Gasteiger partial charge in [0, 0.05) is 18.3 Å². The van der Waals surface area contributed by atoms with E-state index in [1.807, 2.05) is 6.07 Å². The lowest BCUT2D eigenvalue weighted by atomic mass is 10.1. The van der Waals surface area contributed by atoms with Crippen molar-refractivity contribution in [3.63, 3.8) is 0 Å². The molecule has 0 radical (unpaired) electrons. The molecule has 0 saturated heterocycles. The summed E-state index contributed by atoms with van der Waals surface area (Å²) in [5, 5.41) is 4.68. The van der Waals surface area contributed by atoms with E-state index < -0.39 is 0 Å². The van der Waals surface area contributed by atoms with Crippen LogP contribution in [0.25, 0.3) is 5.65 Å². The highest BCUT2D eigenvalue weighted by atomic mass is 32.2. The number of thioether (sulfide) groups is 1. The lowest BCUT2D eigenvalue weighted by Gasteiger charge is -2.20. The molecule has 98 valence electrons. The molecule has 1 N–H and O–H groups in total. The molecule has 0 unspecified atom stereocenters. The molecular weight excluding hydrogens is 242 g/mol.